The highest BCUT2D eigenvalue weighted by atomic mass is 16.5. The first-order chi connectivity index (χ1) is 7.29. The Kier molecular flexibility index (Phi) is 5.73. The second-order valence-electron chi connectivity index (χ2n) is 3.21. The average molecular weight is 212 g/mol. The molecule has 1 heterocycles. The van der Waals surface area contributed by atoms with Gasteiger partial charge in [0.05, 0.1) is 26.4 Å². The molecule has 0 radical (unpaired) electrons. The molecule has 0 unspecified atom stereocenters. The number of carboxylic acids is 1. The van der Waals surface area contributed by atoms with E-state index in [1.54, 1.807) is 6.08 Å². The van der Waals surface area contributed by atoms with Crippen molar-refractivity contribution in [2.75, 3.05) is 26.4 Å². The smallest absolute Gasteiger partial charge is 0.328 e. The summed E-state index contributed by atoms with van der Waals surface area (Å²) < 4.78 is 10.6. The molecule has 0 aromatic heterocycles. The van der Waals surface area contributed by atoms with E-state index >= 15 is 0 Å². The Bertz CT molecular complexity index is 255. The summed E-state index contributed by atoms with van der Waals surface area (Å²) in [7, 11) is 0. The quantitative estimate of drug-likeness (QED) is 0.702. The summed E-state index contributed by atoms with van der Waals surface area (Å²) >= 11 is 0. The standard InChI is InChI=1S/C11H16O4/c12-11(13)4-3-10-2-1-6-14-8-9-15-7-5-10/h2-4H,1,5-9H2,(H,12,13)/b4-3+,10-2-. The fourth-order valence-corrected chi connectivity index (χ4v) is 1.27. The van der Waals surface area contributed by atoms with Gasteiger partial charge in [-0.05, 0) is 18.4 Å². The largest absolute Gasteiger partial charge is 0.478 e. The van der Waals surface area contributed by atoms with Crippen molar-refractivity contribution >= 4 is 5.97 Å². The molecule has 0 saturated carbocycles. The topological polar surface area (TPSA) is 55.8 Å². The Labute approximate surface area is 89.2 Å². The van der Waals surface area contributed by atoms with Crippen molar-refractivity contribution in [2.45, 2.75) is 12.8 Å². The van der Waals surface area contributed by atoms with Gasteiger partial charge >= 0.3 is 5.97 Å². The predicted molar refractivity (Wildman–Crippen MR) is 55.7 cm³/mol. The lowest BCUT2D eigenvalue weighted by Crippen LogP contribution is -2.08. The van der Waals surface area contributed by atoms with E-state index in [1.165, 1.54) is 0 Å². The van der Waals surface area contributed by atoms with Crippen LogP contribution in [-0.2, 0) is 14.3 Å². The number of hydrogen-bond acceptors (Lipinski definition) is 3. The van der Waals surface area contributed by atoms with Crippen LogP contribution >= 0.6 is 0 Å². The predicted octanol–water partition coefficient (Wildman–Crippen LogP) is 1.38. The summed E-state index contributed by atoms with van der Waals surface area (Å²) in [5.74, 6) is -0.926. The molecule has 0 aromatic rings. The third-order valence-electron chi connectivity index (χ3n) is 2.02. The lowest BCUT2D eigenvalue weighted by atomic mass is 10.1. The molecule has 0 fully saturated rings. The molecule has 0 amide bonds. The van der Waals surface area contributed by atoms with Gasteiger partial charge in [0.1, 0.15) is 0 Å². The van der Waals surface area contributed by atoms with E-state index in [-0.39, 0.29) is 0 Å². The van der Waals surface area contributed by atoms with Crippen LogP contribution in [0.4, 0.5) is 0 Å². The third-order valence-corrected chi connectivity index (χ3v) is 2.02. The van der Waals surface area contributed by atoms with Gasteiger partial charge < -0.3 is 14.6 Å². The van der Waals surface area contributed by atoms with E-state index in [0.717, 1.165) is 24.5 Å². The molecule has 0 spiro atoms. The summed E-state index contributed by atoms with van der Waals surface area (Å²) in [4.78, 5) is 10.3. The number of rotatable bonds is 2. The first-order valence-corrected chi connectivity index (χ1v) is 5.04. The zero-order valence-corrected chi connectivity index (χ0v) is 8.65. The minimum atomic E-state index is -0.926. The Hall–Kier alpha value is -1.13. The van der Waals surface area contributed by atoms with Gasteiger partial charge in [0.2, 0.25) is 0 Å². The van der Waals surface area contributed by atoms with Gasteiger partial charge in [-0.15, -0.1) is 0 Å². The SMILES string of the molecule is O=C(O)/C=C/C1=C/CCOCCOCC1. The highest BCUT2D eigenvalue weighted by Crippen LogP contribution is 2.07. The van der Waals surface area contributed by atoms with Crippen LogP contribution in [0.5, 0.6) is 0 Å². The van der Waals surface area contributed by atoms with E-state index in [1.807, 2.05) is 6.08 Å². The summed E-state index contributed by atoms with van der Waals surface area (Å²) in [6.45, 7) is 2.51. The van der Waals surface area contributed by atoms with Gasteiger partial charge in [0, 0.05) is 6.08 Å². The van der Waals surface area contributed by atoms with E-state index < -0.39 is 5.97 Å². The van der Waals surface area contributed by atoms with E-state index in [4.69, 9.17) is 14.6 Å². The molecule has 1 rings (SSSR count). The minimum absolute atomic E-state index is 0.607. The molecule has 4 nitrogen and oxygen atoms in total. The summed E-state index contributed by atoms with van der Waals surface area (Å²) in [5, 5.41) is 8.50. The minimum Gasteiger partial charge on any atom is -0.478 e. The molecular formula is C11H16O4. The maximum atomic E-state index is 10.3. The number of carboxylic acid groups (broad SMARTS) is 1. The van der Waals surface area contributed by atoms with Crippen molar-refractivity contribution < 1.29 is 19.4 Å². The van der Waals surface area contributed by atoms with Gasteiger partial charge in [0.25, 0.3) is 0 Å². The van der Waals surface area contributed by atoms with Crippen molar-refractivity contribution in [3.05, 3.63) is 23.8 Å². The number of hydrogen-bond donors (Lipinski definition) is 1. The summed E-state index contributed by atoms with van der Waals surface area (Å²) in [6.07, 6.45) is 6.34. The number of allylic oxidation sites excluding steroid dienone is 1. The Morgan fingerprint density at radius 3 is 2.73 bits per heavy atom. The average Bonchev–Trinajstić information content (AvgIpc) is 2.23. The number of carbonyl (C=O) groups is 1. The van der Waals surface area contributed by atoms with Crippen LogP contribution in [0, 0.1) is 0 Å². The highest BCUT2D eigenvalue weighted by Gasteiger charge is 1.98. The van der Waals surface area contributed by atoms with Gasteiger partial charge in [-0.3, -0.25) is 0 Å². The van der Waals surface area contributed by atoms with E-state index in [9.17, 15) is 4.79 Å². The van der Waals surface area contributed by atoms with Crippen molar-refractivity contribution in [3.63, 3.8) is 0 Å². The van der Waals surface area contributed by atoms with Crippen LogP contribution in [0.2, 0.25) is 0 Å². The fraction of sp³-hybridized carbons (Fsp3) is 0.545. The fourth-order valence-electron chi connectivity index (χ4n) is 1.27. The van der Waals surface area contributed by atoms with Crippen molar-refractivity contribution in [1.82, 2.24) is 0 Å². The van der Waals surface area contributed by atoms with Gasteiger partial charge in [-0.2, -0.15) is 0 Å². The molecule has 84 valence electrons. The van der Waals surface area contributed by atoms with Gasteiger partial charge in [-0.1, -0.05) is 12.2 Å². The molecule has 1 N–H and O–H groups in total. The zero-order chi connectivity index (χ0) is 10.9. The van der Waals surface area contributed by atoms with Gasteiger partial charge in [-0.25, -0.2) is 4.79 Å². The van der Waals surface area contributed by atoms with Crippen LogP contribution < -0.4 is 0 Å². The summed E-state index contributed by atoms with van der Waals surface area (Å²) in [5.41, 5.74) is 0.989. The van der Waals surface area contributed by atoms with Gasteiger partial charge in [0.15, 0.2) is 0 Å². The Balaban J connectivity index is 2.49. The number of aliphatic carboxylic acids is 1. The molecule has 0 saturated heterocycles. The van der Waals surface area contributed by atoms with Crippen LogP contribution in [0.15, 0.2) is 23.8 Å². The second kappa shape index (κ2) is 7.20. The molecule has 0 bridgehead atoms. The Morgan fingerprint density at radius 1 is 1.27 bits per heavy atom. The zero-order valence-electron chi connectivity index (χ0n) is 8.65. The van der Waals surface area contributed by atoms with E-state index in [2.05, 4.69) is 0 Å². The first-order valence-electron chi connectivity index (χ1n) is 5.04. The van der Waals surface area contributed by atoms with E-state index in [0.29, 0.717) is 26.4 Å². The van der Waals surface area contributed by atoms with Crippen LogP contribution in [0.25, 0.3) is 0 Å². The molecule has 0 aliphatic carbocycles. The molecule has 0 atom stereocenters. The molecule has 0 aromatic carbocycles. The third kappa shape index (κ3) is 6.04. The number of ether oxygens (including phenoxy) is 2. The molecule has 4 heteroatoms. The maximum absolute atomic E-state index is 10.3. The van der Waals surface area contributed by atoms with Crippen molar-refractivity contribution in [3.8, 4) is 0 Å². The second-order valence-corrected chi connectivity index (χ2v) is 3.21. The van der Waals surface area contributed by atoms with Crippen molar-refractivity contribution in [2.24, 2.45) is 0 Å². The summed E-state index contributed by atoms with van der Waals surface area (Å²) in [6, 6.07) is 0. The first kappa shape index (κ1) is 11.9. The van der Waals surface area contributed by atoms with Crippen LogP contribution in [0.3, 0.4) is 0 Å². The highest BCUT2D eigenvalue weighted by molar-refractivity contribution is 5.80. The monoisotopic (exact) mass is 212 g/mol. The molecule has 15 heavy (non-hydrogen) atoms. The lowest BCUT2D eigenvalue weighted by molar-refractivity contribution is -0.131. The molecule has 1 aliphatic rings. The van der Waals surface area contributed by atoms with Crippen molar-refractivity contribution in [1.29, 1.82) is 0 Å². The van der Waals surface area contributed by atoms with Crippen LogP contribution in [-0.4, -0.2) is 37.5 Å². The lowest BCUT2D eigenvalue weighted by Gasteiger charge is -2.09. The maximum Gasteiger partial charge on any atom is 0.328 e. The van der Waals surface area contributed by atoms with Crippen LogP contribution in [0.1, 0.15) is 12.8 Å². The normalized spacial score (nSPS) is 23.3. The Morgan fingerprint density at radius 2 is 2.00 bits per heavy atom. The molecular weight excluding hydrogens is 196 g/mol. The molecule has 1 aliphatic heterocycles.